The first-order chi connectivity index (χ1) is 7.33. The van der Waals surface area contributed by atoms with Gasteiger partial charge in [0.05, 0.1) is 7.11 Å². The van der Waals surface area contributed by atoms with Gasteiger partial charge in [0.15, 0.2) is 0 Å². The van der Waals surface area contributed by atoms with Crippen LogP contribution in [0.5, 0.6) is 5.75 Å². The van der Waals surface area contributed by atoms with Crippen LogP contribution < -0.4 is 10.5 Å². The van der Waals surface area contributed by atoms with E-state index in [1.807, 2.05) is 12.1 Å². The largest absolute Gasteiger partial charge is 0.497 e. The molecule has 0 aliphatic heterocycles. The molecule has 0 spiro atoms. The molecule has 2 nitrogen and oxygen atoms in total. The predicted molar refractivity (Wildman–Crippen MR) is 62.0 cm³/mol. The van der Waals surface area contributed by atoms with Gasteiger partial charge in [0.25, 0.3) is 0 Å². The molecule has 0 bridgehead atoms. The van der Waals surface area contributed by atoms with Crippen molar-refractivity contribution < 1.29 is 4.74 Å². The number of hydrogen-bond donors (Lipinski definition) is 1. The Morgan fingerprint density at radius 1 is 1.33 bits per heavy atom. The van der Waals surface area contributed by atoms with E-state index in [0.29, 0.717) is 5.92 Å². The summed E-state index contributed by atoms with van der Waals surface area (Å²) < 4.78 is 5.14. The van der Waals surface area contributed by atoms with Crippen molar-refractivity contribution in [3.05, 3.63) is 29.8 Å². The van der Waals surface area contributed by atoms with Crippen LogP contribution in [0.25, 0.3) is 0 Å². The molecule has 0 saturated heterocycles. The number of nitrogens with two attached hydrogens (primary N) is 1. The number of ether oxygens (including phenoxy) is 1. The van der Waals surface area contributed by atoms with Gasteiger partial charge in [-0.1, -0.05) is 12.1 Å². The van der Waals surface area contributed by atoms with E-state index in [2.05, 4.69) is 12.1 Å². The third-order valence-electron chi connectivity index (χ3n) is 3.25. The van der Waals surface area contributed by atoms with Crippen LogP contribution in [-0.2, 0) is 6.42 Å². The third-order valence-corrected chi connectivity index (χ3v) is 3.25. The zero-order valence-electron chi connectivity index (χ0n) is 9.28. The summed E-state index contributed by atoms with van der Waals surface area (Å²) >= 11 is 0. The van der Waals surface area contributed by atoms with Gasteiger partial charge in [-0.05, 0) is 55.3 Å². The molecule has 0 radical (unpaired) electrons. The molecule has 82 valence electrons. The Labute approximate surface area is 91.4 Å². The lowest BCUT2D eigenvalue weighted by Crippen LogP contribution is -2.18. The quantitative estimate of drug-likeness (QED) is 0.800. The Morgan fingerprint density at radius 3 is 2.47 bits per heavy atom. The third kappa shape index (κ3) is 2.72. The molecule has 1 fully saturated rings. The van der Waals surface area contributed by atoms with Gasteiger partial charge >= 0.3 is 0 Å². The molecule has 2 rings (SSSR count). The van der Waals surface area contributed by atoms with E-state index in [4.69, 9.17) is 10.5 Å². The second-order valence-electron chi connectivity index (χ2n) is 4.39. The first-order valence-electron chi connectivity index (χ1n) is 5.66. The molecule has 15 heavy (non-hydrogen) atoms. The van der Waals surface area contributed by atoms with E-state index in [0.717, 1.165) is 24.6 Å². The lowest BCUT2D eigenvalue weighted by molar-refractivity contribution is 0.414. The molecule has 2 N–H and O–H groups in total. The summed E-state index contributed by atoms with van der Waals surface area (Å²) in [5, 5.41) is 0. The van der Waals surface area contributed by atoms with Gasteiger partial charge in [-0.3, -0.25) is 0 Å². The number of hydrogen-bond acceptors (Lipinski definition) is 2. The minimum atomic E-state index is 0.679. The van der Waals surface area contributed by atoms with Gasteiger partial charge in [-0.2, -0.15) is 0 Å². The maximum absolute atomic E-state index is 5.79. The van der Waals surface area contributed by atoms with Crippen LogP contribution >= 0.6 is 0 Å². The number of benzene rings is 1. The highest BCUT2D eigenvalue weighted by atomic mass is 16.5. The van der Waals surface area contributed by atoms with E-state index in [9.17, 15) is 0 Å². The lowest BCUT2D eigenvalue weighted by atomic mass is 9.95. The average Bonchev–Trinajstić information content (AvgIpc) is 3.10. The van der Waals surface area contributed by atoms with Crippen molar-refractivity contribution in [1.29, 1.82) is 0 Å². The SMILES string of the molecule is COc1ccc(CC(CN)C2CC2)cc1. The summed E-state index contributed by atoms with van der Waals surface area (Å²) in [5.74, 6) is 2.49. The summed E-state index contributed by atoms with van der Waals surface area (Å²) in [5.41, 5.74) is 7.17. The van der Waals surface area contributed by atoms with E-state index >= 15 is 0 Å². The highest BCUT2D eigenvalue weighted by molar-refractivity contribution is 5.27. The van der Waals surface area contributed by atoms with Crippen molar-refractivity contribution in [2.45, 2.75) is 19.3 Å². The zero-order chi connectivity index (χ0) is 10.7. The first kappa shape index (κ1) is 10.5. The number of methoxy groups -OCH3 is 1. The van der Waals surface area contributed by atoms with Gasteiger partial charge in [0.2, 0.25) is 0 Å². The van der Waals surface area contributed by atoms with Crippen molar-refractivity contribution in [3.63, 3.8) is 0 Å². The molecule has 1 atom stereocenters. The molecular weight excluding hydrogens is 186 g/mol. The van der Waals surface area contributed by atoms with Crippen LogP contribution in [0.4, 0.5) is 0 Å². The van der Waals surface area contributed by atoms with Crippen LogP contribution in [-0.4, -0.2) is 13.7 Å². The first-order valence-corrected chi connectivity index (χ1v) is 5.66. The molecule has 0 heterocycles. The van der Waals surface area contributed by atoms with Crippen LogP contribution in [0.15, 0.2) is 24.3 Å². The number of rotatable bonds is 5. The Bertz CT molecular complexity index is 303. The molecule has 1 saturated carbocycles. The normalized spacial score (nSPS) is 17.5. The van der Waals surface area contributed by atoms with E-state index < -0.39 is 0 Å². The van der Waals surface area contributed by atoms with Gasteiger partial charge in [-0.25, -0.2) is 0 Å². The highest BCUT2D eigenvalue weighted by Gasteiger charge is 2.29. The molecule has 1 aromatic rings. The minimum absolute atomic E-state index is 0.679. The fourth-order valence-electron chi connectivity index (χ4n) is 2.07. The smallest absolute Gasteiger partial charge is 0.118 e. The predicted octanol–water partition coefficient (Wildman–Crippen LogP) is 2.22. The summed E-state index contributed by atoms with van der Waals surface area (Å²) in [7, 11) is 1.70. The van der Waals surface area contributed by atoms with Gasteiger partial charge in [-0.15, -0.1) is 0 Å². The summed E-state index contributed by atoms with van der Waals surface area (Å²) in [6.07, 6.45) is 3.86. The van der Waals surface area contributed by atoms with Gasteiger partial charge in [0, 0.05) is 0 Å². The Morgan fingerprint density at radius 2 is 2.00 bits per heavy atom. The maximum atomic E-state index is 5.79. The molecular formula is C13H19NO. The van der Waals surface area contributed by atoms with Gasteiger partial charge < -0.3 is 10.5 Å². The van der Waals surface area contributed by atoms with Gasteiger partial charge in [0.1, 0.15) is 5.75 Å². The second kappa shape index (κ2) is 4.67. The standard InChI is InChI=1S/C13H19NO/c1-15-13-6-2-10(3-7-13)8-12(9-14)11-4-5-11/h2-3,6-7,11-12H,4-5,8-9,14H2,1H3. The zero-order valence-corrected chi connectivity index (χ0v) is 9.28. The van der Waals surface area contributed by atoms with Crippen molar-refractivity contribution >= 4 is 0 Å². The molecule has 0 aromatic heterocycles. The van der Waals surface area contributed by atoms with E-state index in [1.54, 1.807) is 7.11 Å². The summed E-state index contributed by atoms with van der Waals surface area (Å²) in [4.78, 5) is 0. The molecule has 1 aliphatic carbocycles. The average molecular weight is 205 g/mol. The van der Waals surface area contributed by atoms with Crippen molar-refractivity contribution in [2.24, 2.45) is 17.6 Å². The molecule has 1 aromatic carbocycles. The molecule has 0 amide bonds. The summed E-state index contributed by atoms with van der Waals surface area (Å²) in [6, 6.07) is 8.33. The highest BCUT2D eigenvalue weighted by Crippen LogP contribution is 2.38. The molecule has 1 unspecified atom stereocenters. The van der Waals surface area contributed by atoms with Crippen molar-refractivity contribution in [3.8, 4) is 5.75 Å². The second-order valence-corrected chi connectivity index (χ2v) is 4.39. The van der Waals surface area contributed by atoms with Crippen LogP contribution in [0.2, 0.25) is 0 Å². The monoisotopic (exact) mass is 205 g/mol. The fraction of sp³-hybridized carbons (Fsp3) is 0.538. The van der Waals surface area contributed by atoms with Crippen molar-refractivity contribution in [1.82, 2.24) is 0 Å². The van der Waals surface area contributed by atoms with Crippen LogP contribution in [0.3, 0.4) is 0 Å². The topological polar surface area (TPSA) is 35.2 Å². The Balaban J connectivity index is 1.96. The fourth-order valence-corrected chi connectivity index (χ4v) is 2.07. The van der Waals surface area contributed by atoms with E-state index in [-0.39, 0.29) is 0 Å². The maximum Gasteiger partial charge on any atom is 0.118 e. The molecule has 2 heteroatoms. The summed E-state index contributed by atoms with van der Waals surface area (Å²) in [6.45, 7) is 0.816. The lowest BCUT2D eigenvalue weighted by Gasteiger charge is -2.13. The van der Waals surface area contributed by atoms with E-state index in [1.165, 1.54) is 18.4 Å². The Hall–Kier alpha value is -1.02. The van der Waals surface area contributed by atoms with Crippen LogP contribution in [0.1, 0.15) is 18.4 Å². The Kier molecular flexibility index (Phi) is 3.27. The molecule has 1 aliphatic rings. The van der Waals surface area contributed by atoms with Crippen LogP contribution in [0, 0.1) is 11.8 Å². The van der Waals surface area contributed by atoms with Crippen molar-refractivity contribution in [2.75, 3.05) is 13.7 Å². The minimum Gasteiger partial charge on any atom is -0.497 e.